The molecule has 0 aliphatic carbocycles. The molecule has 0 unspecified atom stereocenters. The summed E-state index contributed by atoms with van der Waals surface area (Å²) < 4.78 is 6.17. The van der Waals surface area contributed by atoms with Crippen LogP contribution in [0.2, 0.25) is 10.0 Å². The summed E-state index contributed by atoms with van der Waals surface area (Å²) in [5.41, 5.74) is 1.35. The van der Waals surface area contributed by atoms with Crippen molar-refractivity contribution in [1.29, 1.82) is 5.26 Å². The number of carbonyl (C=O) groups is 2. The van der Waals surface area contributed by atoms with Gasteiger partial charge in [0.2, 0.25) is 0 Å². The summed E-state index contributed by atoms with van der Waals surface area (Å²) in [7, 11) is 0. The minimum absolute atomic E-state index is 0.0580. The highest BCUT2D eigenvalue weighted by molar-refractivity contribution is 14.1. The van der Waals surface area contributed by atoms with E-state index in [9.17, 15) is 14.9 Å². The molecule has 0 spiro atoms. The number of carbonyl (C=O) groups excluding carboxylic acids is 2. The lowest BCUT2D eigenvalue weighted by atomic mass is 10.1. The minimum Gasteiger partial charge on any atom is -0.423 e. The lowest BCUT2D eigenvalue weighted by Gasteiger charge is -2.07. The second-order valence-electron chi connectivity index (χ2n) is 6.19. The zero-order chi connectivity index (χ0) is 22.4. The van der Waals surface area contributed by atoms with Gasteiger partial charge in [-0.05, 0) is 76.7 Å². The number of hydrogen-bond acceptors (Lipinski definition) is 4. The van der Waals surface area contributed by atoms with Gasteiger partial charge in [-0.1, -0.05) is 47.5 Å². The van der Waals surface area contributed by atoms with Crippen LogP contribution in [0, 0.1) is 14.9 Å². The highest BCUT2D eigenvalue weighted by Gasteiger charge is 2.14. The highest BCUT2D eigenvalue weighted by atomic mass is 127. The molecular weight excluding hydrogens is 550 g/mol. The van der Waals surface area contributed by atoms with Gasteiger partial charge in [-0.15, -0.1) is 0 Å². The van der Waals surface area contributed by atoms with Crippen molar-refractivity contribution in [2.75, 3.05) is 5.32 Å². The smallest absolute Gasteiger partial charge is 0.345 e. The average molecular weight is 563 g/mol. The Labute approximate surface area is 202 Å². The van der Waals surface area contributed by atoms with Gasteiger partial charge in [-0.2, -0.15) is 5.26 Å². The van der Waals surface area contributed by atoms with Crippen LogP contribution in [0.3, 0.4) is 0 Å². The molecule has 8 heteroatoms. The van der Waals surface area contributed by atoms with Gasteiger partial charge in [0.1, 0.15) is 17.4 Å². The van der Waals surface area contributed by atoms with Crippen LogP contribution in [0.5, 0.6) is 5.75 Å². The van der Waals surface area contributed by atoms with Gasteiger partial charge in [0.15, 0.2) is 0 Å². The molecule has 0 aliphatic rings. The number of amides is 1. The molecule has 0 radical (unpaired) electrons. The van der Waals surface area contributed by atoms with E-state index in [1.54, 1.807) is 42.5 Å². The van der Waals surface area contributed by atoms with Gasteiger partial charge in [0.25, 0.3) is 5.91 Å². The van der Waals surface area contributed by atoms with Crippen molar-refractivity contribution in [3.63, 3.8) is 0 Å². The van der Waals surface area contributed by atoms with Gasteiger partial charge in [0.05, 0.1) is 16.3 Å². The number of para-hydroxylation sites is 1. The normalized spacial score (nSPS) is 10.8. The Kier molecular flexibility index (Phi) is 7.69. The number of nitrogens with zero attached hydrogens (tertiary/aromatic N) is 1. The Morgan fingerprint density at radius 1 is 1.03 bits per heavy atom. The van der Waals surface area contributed by atoms with E-state index in [0.717, 1.165) is 3.57 Å². The molecule has 0 heterocycles. The van der Waals surface area contributed by atoms with Crippen molar-refractivity contribution >= 4 is 69.4 Å². The number of nitrogens with one attached hydrogen (secondary N) is 1. The van der Waals surface area contributed by atoms with E-state index >= 15 is 0 Å². The van der Waals surface area contributed by atoms with Crippen LogP contribution in [0.4, 0.5) is 5.69 Å². The number of rotatable bonds is 5. The first-order chi connectivity index (χ1) is 14.9. The molecule has 0 aliphatic heterocycles. The summed E-state index contributed by atoms with van der Waals surface area (Å²) >= 11 is 14.0. The van der Waals surface area contributed by atoms with Gasteiger partial charge in [0, 0.05) is 8.59 Å². The zero-order valence-electron chi connectivity index (χ0n) is 15.7. The highest BCUT2D eigenvalue weighted by Crippen LogP contribution is 2.23. The van der Waals surface area contributed by atoms with Crippen molar-refractivity contribution in [2.24, 2.45) is 0 Å². The second-order valence-corrected chi connectivity index (χ2v) is 8.19. The van der Waals surface area contributed by atoms with Crippen LogP contribution in [0.15, 0.2) is 72.3 Å². The molecule has 0 saturated heterocycles. The molecule has 1 amide bonds. The first kappa shape index (κ1) is 22.8. The fourth-order valence-electron chi connectivity index (χ4n) is 2.52. The number of ether oxygens (including phenoxy) is 1. The third kappa shape index (κ3) is 6.07. The maximum absolute atomic E-state index is 12.4. The third-order valence-electron chi connectivity index (χ3n) is 4.04. The monoisotopic (exact) mass is 562 g/mol. The van der Waals surface area contributed by atoms with E-state index in [1.807, 2.05) is 18.2 Å². The van der Waals surface area contributed by atoms with Gasteiger partial charge < -0.3 is 10.1 Å². The third-order valence-corrected chi connectivity index (χ3v) is 5.53. The quantitative estimate of drug-likeness (QED) is 0.129. The summed E-state index contributed by atoms with van der Waals surface area (Å²) in [5, 5.41) is 12.7. The molecular formula is C23H13Cl2IN2O3. The summed E-state index contributed by atoms with van der Waals surface area (Å²) in [5.74, 6) is -0.853. The Bertz CT molecular complexity index is 1220. The summed E-state index contributed by atoms with van der Waals surface area (Å²) in [6, 6.07) is 20.0. The molecule has 3 rings (SSSR count). The molecule has 0 bridgehead atoms. The molecule has 0 aromatic heterocycles. The number of esters is 1. The fourth-order valence-corrected chi connectivity index (χ4v) is 3.52. The first-order valence-electron chi connectivity index (χ1n) is 8.82. The first-order valence-corrected chi connectivity index (χ1v) is 10.7. The molecule has 1 N–H and O–H groups in total. The standard InChI is InChI=1S/C23H13Cl2IN2O3/c24-16-7-10-18(19(25)12-16)23(30)31-17-8-5-14(6-9-17)11-15(13-27)22(29)28-21-4-2-1-3-20(21)26/h1-12H,(H,28,29)/b15-11-. The Hall–Kier alpha value is -2.86. The Morgan fingerprint density at radius 3 is 2.39 bits per heavy atom. The predicted octanol–water partition coefficient (Wildman–Crippen LogP) is 6.36. The SMILES string of the molecule is N#C/C(=C/c1ccc(OC(=O)c2ccc(Cl)cc2Cl)cc1)C(=O)Nc1ccccc1I. The Morgan fingerprint density at radius 2 is 1.74 bits per heavy atom. The van der Waals surface area contributed by atoms with Crippen molar-refractivity contribution in [2.45, 2.75) is 0 Å². The van der Waals surface area contributed by atoms with Gasteiger partial charge in [-0.25, -0.2) is 4.79 Å². The second kappa shape index (κ2) is 10.4. The van der Waals surface area contributed by atoms with Crippen molar-refractivity contribution in [3.05, 3.63) is 97.0 Å². The van der Waals surface area contributed by atoms with Crippen LogP contribution < -0.4 is 10.1 Å². The lowest BCUT2D eigenvalue weighted by molar-refractivity contribution is -0.112. The molecule has 0 atom stereocenters. The minimum atomic E-state index is -0.625. The van der Waals surface area contributed by atoms with Crippen LogP contribution in [-0.4, -0.2) is 11.9 Å². The van der Waals surface area contributed by atoms with Crippen LogP contribution in [0.25, 0.3) is 6.08 Å². The van der Waals surface area contributed by atoms with E-state index in [-0.39, 0.29) is 21.9 Å². The van der Waals surface area contributed by atoms with Crippen LogP contribution >= 0.6 is 45.8 Å². The van der Waals surface area contributed by atoms with Crippen molar-refractivity contribution in [3.8, 4) is 11.8 Å². The molecule has 5 nitrogen and oxygen atoms in total. The van der Waals surface area contributed by atoms with Crippen molar-refractivity contribution in [1.82, 2.24) is 0 Å². The molecule has 3 aromatic rings. The summed E-state index contributed by atoms with van der Waals surface area (Å²) in [6.07, 6.45) is 1.45. The molecule has 31 heavy (non-hydrogen) atoms. The Balaban J connectivity index is 1.71. The van der Waals surface area contributed by atoms with Crippen LogP contribution in [0.1, 0.15) is 15.9 Å². The van der Waals surface area contributed by atoms with E-state index in [4.69, 9.17) is 27.9 Å². The van der Waals surface area contributed by atoms with E-state index in [1.165, 1.54) is 18.2 Å². The zero-order valence-corrected chi connectivity index (χ0v) is 19.4. The maximum atomic E-state index is 12.4. The summed E-state index contributed by atoms with van der Waals surface area (Å²) in [6.45, 7) is 0. The molecule has 0 fully saturated rings. The molecule has 0 saturated carbocycles. The number of halogens is 3. The van der Waals surface area contributed by atoms with Gasteiger partial charge >= 0.3 is 5.97 Å². The van der Waals surface area contributed by atoms with Crippen molar-refractivity contribution < 1.29 is 14.3 Å². The topological polar surface area (TPSA) is 79.2 Å². The number of nitriles is 1. The summed E-state index contributed by atoms with van der Waals surface area (Å²) in [4.78, 5) is 24.7. The molecule has 3 aromatic carbocycles. The largest absolute Gasteiger partial charge is 0.423 e. The van der Waals surface area contributed by atoms with E-state index < -0.39 is 11.9 Å². The predicted molar refractivity (Wildman–Crippen MR) is 129 cm³/mol. The van der Waals surface area contributed by atoms with E-state index in [0.29, 0.717) is 16.3 Å². The number of hydrogen-bond donors (Lipinski definition) is 1. The fraction of sp³-hybridized carbons (Fsp3) is 0. The van der Waals surface area contributed by atoms with E-state index in [2.05, 4.69) is 27.9 Å². The van der Waals surface area contributed by atoms with Crippen LogP contribution in [-0.2, 0) is 4.79 Å². The maximum Gasteiger partial charge on any atom is 0.345 e. The molecule has 154 valence electrons. The average Bonchev–Trinajstić information content (AvgIpc) is 2.74. The number of anilines is 1. The van der Waals surface area contributed by atoms with Gasteiger partial charge in [-0.3, -0.25) is 4.79 Å². The lowest BCUT2D eigenvalue weighted by Crippen LogP contribution is -2.14. The number of benzene rings is 3.